The van der Waals surface area contributed by atoms with Crippen LogP contribution in [0.15, 0.2) is 0 Å². The molecule has 0 aromatic carbocycles. The summed E-state index contributed by atoms with van der Waals surface area (Å²) < 4.78 is 5.88. The van der Waals surface area contributed by atoms with Crippen molar-refractivity contribution in [3.63, 3.8) is 0 Å². The van der Waals surface area contributed by atoms with E-state index in [4.69, 9.17) is 4.74 Å². The van der Waals surface area contributed by atoms with Gasteiger partial charge in [0.1, 0.15) is 0 Å². The van der Waals surface area contributed by atoms with Gasteiger partial charge in [-0.05, 0) is 37.5 Å². The van der Waals surface area contributed by atoms with Gasteiger partial charge in [-0.25, -0.2) is 0 Å². The number of fused-ring (bicyclic) bond motifs is 2. The molecule has 64 valence electrons. The molecule has 2 fully saturated rings. The summed E-state index contributed by atoms with van der Waals surface area (Å²) in [5.41, 5.74) is 0.730. The fraction of sp³-hybridized carbons (Fsp3) is 1.00. The van der Waals surface area contributed by atoms with Crippen LogP contribution in [0, 0.1) is 11.3 Å². The lowest BCUT2D eigenvalue weighted by Crippen LogP contribution is -2.36. The van der Waals surface area contributed by atoms with E-state index in [1.54, 1.807) is 0 Å². The maximum atomic E-state index is 5.88. The lowest BCUT2D eigenvalue weighted by atomic mass is 9.68. The standard InChI is InChI=1S/C10H18O/c1-8-4-5-9(2)6-10(8,3)11-7-9/h8H,4-7H2,1-3H3/t8?,9-,10+/m0/s1. The van der Waals surface area contributed by atoms with Crippen LogP contribution in [0.3, 0.4) is 0 Å². The maximum absolute atomic E-state index is 5.88. The highest BCUT2D eigenvalue weighted by atomic mass is 16.5. The van der Waals surface area contributed by atoms with E-state index in [0.29, 0.717) is 5.41 Å². The van der Waals surface area contributed by atoms with E-state index in [1.807, 2.05) is 0 Å². The zero-order chi connectivity index (χ0) is 8.11. The van der Waals surface area contributed by atoms with Crippen molar-refractivity contribution in [2.75, 3.05) is 6.61 Å². The van der Waals surface area contributed by atoms with Crippen molar-refractivity contribution in [3.8, 4) is 0 Å². The smallest absolute Gasteiger partial charge is 0.0686 e. The van der Waals surface area contributed by atoms with Gasteiger partial charge in [-0.3, -0.25) is 0 Å². The van der Waals surface area contributed by atoms with Gasteiger partial charge >= 0.3 is 0 Å². The molecule has 0 aromatic heterocycles. The van der Waals surface area contributed by atoms with Crippen LogP contribution in [-0.4, -0.2) is 12.2 Å². The van der Waals surface area contributed by atoms with Crippen LogP contribution in [-0.2, 0) is 4.74 Å². The van der Waals surface area contributed by atoms with Gasteiger partial charge in [-0.15, -0.1) is 0 Å². The van der Waals surface area contributed by atoms with E-state index in [0.717, 1.165) is 12.5 Å². The van der Waals surface area contributed by atoms with Crippen LogP contribution in [0.2, 0.25) is 0 Å². The summed E-state index contributed by atoms with van der Waals surface area (Å²) in [4.78, 5) is 0. The molecule has 1 nitrogen and oxygen atoms in total. The fourth-order valence-electron chi connectivity index (χ4n) is 2.64. The Hall–Kier alpha value is -0.0400. The van der Waals surface area contributed by atoms with Crippen LogP contribution < -0.4 is 0 Å². The Morgan fingerprint density at radius 2 is 2.09 bits per heavy atom. The summed E-state index contributed by atoms with van der Waals surface area (Å²) in [5.74, 6) is 0.762. The Labute approximate surface area is 69.1 Å². The van der Waals surface area contributed by atoms with Crippen LogP contribution in [0.25, 0.3) is 0 Å². The first-order chi connectivity index (χ1) is 5.04. The first-order valence-corrected chi connectivity index (χ1v) is 4.68. The molecule has 2 bridgehead atoms. The highest BCUT2D eigenvalue weighted by Crippen LogP contribution is 2.51. The first kappa shape index (κ1) is 7.60. The van der Waals surface area contributed by atoms with E-state index in [9.17, 15) is 0 Å². The van der Waals surface area contributed by atoms with Crippen molar-refractivity contribution in [2.24, 2.45) is 11.3 Å². The molecule has 2 aliphatic rings. The molecule has 1 aliphatic heterocycles. The number of hydrogen-bond acceptors (Lipinski definition) is 1. The summed E-state index contributed by atoms with van der Waals surface area (Å²) in [6, 6.07) is 0. The summed E-state index contributed by atoms with van der Waals surface area (Å²) >= 11 is 0. The molecule has 1 saturated carbocycles. The van der Waals surface area contributed by atoms with E-state index in [1.165, 1.54) is 19.3 Å². The third-order valence-corrected chi connectivity index (χ3v) is 3.75. The van der Waals surface area contributed by atoms with Crippen LogP contribution in [0.4, 0.5) is 0 Å². The van der Waals surface area contributed by atoms with Crippen molar-refractivity contribution >= 4 is 0 Å². The lowest BCUT2D eigenvalue weighted by molar-refractivity contribution is -0.0232. The molecule has 11 heavy (non-hydrogen) atoms. The second-order valence-electron chi connectivity index (χ2n) is 5.03. The molecule has 1 aliphatic carbocycles. The SMILES string of the molecule is CC1CC[C@]2(C)CO[C@]1(C)C2. The molecule has 0 radical (unpaired) electrons. The maximum Gasteiger partial charge on any atom is 0.0686 e. The Bertz CT molecular complexity index is 174. The lowest BCUT2D eigenvalue weighted by Gasteiger charge is -2.37. The van der Waals surface area contributed by atoms with Crippen molar-refractivity contribution in [1.82, 2.24) is 0 Å². The van der Waals surface area contributed by atoms with Gasteiger partial charge in [0.25, 0.3) is 0 Å². The van der Waals surface area contributed by atoms with Gasteiger partial charge in [0.15, 0.2) is 0 Å². The largest absolute Gasteiger partial charge is 0.374 e. The molecule has 0 aromatic rings. The quantitative estimate of drug-likeness (QED) is 0.521. The van der Waals surface area contributed by atoms with Gasteiger partial charge in [0, 0.05) is 0 Å². The fourth-order valence-corrected chi connectivity index (χ4v) is 2.64. The minimum atomic E-state index is 0.215. The molecule has 1 saturated heterocycles. The normalized spacial score (nSPS) is 56.5. The number of rotatable bonds is 0. The van der Waals surface area contributed by atoms with Gasteiger partial charge in [0.2, 0.25) is 0 Å². The van der Waals surface area contributed by atoms with E-state index in [-0.39, 0.29) is 5.60 Å². The molecule has 0 amide bonds. The molecule has 1 heterocycles. The van der Waals surface area contributed by atoms with Crippen molar-refractivity contribution in [2.45, 2.75) is 45.6 Å². The Balaban J connectivity index is 2.23. The topological polar surface area (TPSA) is 9.23 Å². The van der Waals surface area contributed by atoms with E-state index < -0.39 is 0 Å². The number of ether oxygens (including phenoxy) is 1. The summed E-state index contributed by atoms with van der Waals surface area (Å²) in [6.07, 6.45) is 4.00. The Morgan fingerprint density at radius 3 is 2.73 bits per heavy atom. The van der Waals surface area contributed by atoms with Gasteiger partial charge in [-0.1, -0.05) is 13.8 Å². The molecule has 0 spiro atoms. The highest BCUT2D eigenvalue weighted by Gasteiger charge is 2.50. The number of hydrogen-bond donors (Lipinski definition) is 0. The summed E-state index contributed by atoms with van der Waals surface area (Å²) in [5, 5.41) is 0. The highest BCUT2D eigenvalue weighted by molar-refractivity contribution is 4.99. The van der Waals surface area contributed by atoms with Crippen LogP contribution in [0.1, 0.15) is 40.0 Å². The zero-order valence-corrected chi connectivity index (χ0v) is 7.81. The minimum Gasteiger partial charge on any atom is -0.374 e. The molecule has 0 N–H and O–H groups in total. The molecule has 1 unspecified atom stereocenters. The Morgan fingerprint density at radius 1 is 1.36 bits per heavy atom. The van der Waals surface area contributed by atoms with Gasteiger partial charge < -0.3 is 4.74 Å². The van der Waals surface area contributed by atoms with Crippen LogP contribution >= 0.6 is 0 Å². The second-order valence-corrected chi connectivity index (χ2v) is 5.03. The third-order valence-electron chi connectivity index (χ3n) is 3.75. The zero-order valence-electron chi connectivity index (χ0n) is 7.81. The van der Waals surface area contributed by atoms with Gasteiger partial charge in [-0.2, -0.15) is 0 Å². The summed E-state index contributed by atoms with van der Waals surface area (Å²) in [6.45, 7) is 7.96. The van der Waals surface area contributed by atoms with E-state index in [2.05, 4.69) is 20.8 Å². The predicted molar refractivity (Wildman–Crippen MR) is 45.5 cm³/mol. The van der Waals surface area contributed by atoms with Crippen LogP contribution in [0.5, 0.6) is 0 Å². The van der Waals surface area contributed by atoms with Crippen molar-refractivity contribution < 1.29 is 4.74 Å². The van der Waals surface area contributed by atoms with Crippen molar-refractivity contribution in [1.29, 1.82) is 0 Å². The Kier molecular flexibility index (Phi) is 1.39. The average Bonchev–Trinajstić information content (AvgIpc) is 2.20. The third kappa shape index (κ3) is 1.01. The predicted octanol–water partition coefficient (Wildman–Crippen LogP) is 2.60. The second kappa shape index (κ2) is 2.01. The monoisotopic (exact) mass is 154 g/mol. The van der Waals surface area contributed by atoms with E-state index >= 15 is 0 Å². The molecule has 2 rings (SSSR count). The average molecular weight is 154 g/mol. The summed E-state index contributed by atoms with van der Waals surface area (Å²) in [7, 11) is 0. The van der Waals surface area contributed by atoms with Gasteiger partial charge in [0.05, 0.1) is 12.2 Å². The first-order valence-electron chi connectivity index (χ1n) is 4.68. The van der Waals surface area contributed by atoms with Crippen molar-refractivity contribution in [3.05, 3.63) is 0 Å². The minimum absolute atomic E-state index is 0.215. The molecule has 3 atom stereocenters. The molecule has 1 heteroatoms. The molecular formula is C10H18O. The molecular weight excluding hydrogens is 136 g/mol.